The van der Waals surface area contributed by atoms with E-state index in [-0.39, 0.29) is 6.04 Å². The molecule has 1 atom stereocenters. The van der Waals surface area contributed by atoms with Gasteiger partial charge in [-0.05, 0) is 38.3 Å². The molecule has 1 heterocycles. The summed E-state index contributed by atoms with van der Waals surface area (Å²) in [6, 6.07) is 1.68. The lowest BCUT2D eigenvalue weighted by atomic mass is 10.1. The highest BCUT2D eigenvalue weighted by molar-refractivity contribution is 7.89. The van der Waals surface area contributed by atoms with Crippen LogP contribution in [0.1, 0.15) is 46.2 Å². The van der Waals surface area contributed by atoms with Crippen molar-refractivity contribution in [1.29, 1.82) is 0 Å². The fraction of sp³-hybridized carbons (Fsp3) is 0.733. The van der Waals surface area contributed by atoms with E-state index >= 15 is 0 Å². The maximum absolute atomic E-state index is 12.4. The van der Waals surface area contributed by atoms with Gasteiger partial charge in [-0.3, -0.25) is 0 Å². The van der Waals surface area contributed by atoms with Crippen LogP contribution in [-0.4, -0.2) is 25.6 Å². The van der Waals surface area contributed by atoms with E-state index in [1.165, 1.54) is 0 Å². The first kappa shape index (κ1) is 18.2. The van der Waals surface area contributed by atoms with Crippen LogP contribution in [0.2, 0.25) is 0 Å². The molecular weight excluding hydrogens is 286 g/mol. The molecule has 0 aliphatic carbocycles. The third-order valence-corrected chi connectivity index (χ3v) is 4.86. The lowest BCUT2D eigenvalue weighted by Gasteiger charge is -2.15. The monoisotopic (exact) mass is 315 g/mol. The highest BCUT2D eigenvalue weighted by atomic mass is 32.2. The predicted octanol–water partition coefficient (Wildman–Crippen LogP) is 2.24. The molecule has 0 saturated heterocycles. The van der Waals surface area contributed by atoms with Gasteiger partial charge in [-0.25, -0.2) is 13.1 Å². The Hall–Kier alpha value is -0.850. The van der Waals surface area contributed by atoms with Gasteiger partial charge in [-0.2, -0.15) is 0 Å². The van der Waals surface area contributed by atoms with Crippen molar-refractivity contribution in [3.8, 4) is 0 Å². The summed E-state index contributed by atoms with van der Waals surface area (Å²) in [5.74, 6) is 0.465. The first-order valence-electron chi connectivity index (χ1n) is 7.64. The fourth-order valence-electron chi connectivity index (χ4n) is 2.38. The van der Waals surface area contributed by atoms with Crippen LogP contribution in [0, 0.1) is 5.92 Å². The number of hydrogen-bond acceptors (Lipinski definition) is 3. The lowest BCUT2D eigenvalue weighted by molar-refractivity contribution is 0.482. The number of nitrogens with zero attached hydrogens (tertiary/aromatic N) is 1. The molecule has 5 nitrogen and oxygen atoms in total. The number of hydrogen-bond donors (Lipinski definition) is 2. The number of sulfonamides is 1. The molecule has 6 heteroatoms. The molecular formula is C15H29N3O2S. The van der Waals surface area contributed by atoms with E-state index in [1.807, 2.05) is 18.5 Å². The average molecular weight is 315 g/mol. The molecule has 0 aliphatic heterocycles. The summed E-state index contributed by atoms with van der Waals surface area (Å²) in [5.41, 5.74) is 0.973. The maximum atomic E-state index is 12.4. The molecule has 0 aliphatic rings. The third-order valence-electron chi connectivity index (χ3n) is 3.31. The summed E-state index contributed by atoms with van der Waals surface area (Å²) >= 11 is 0. The molecule has 0 saturated carbocycles. The van der Waals surface area contributed by atoms with E-state index < -0.39 is 10.0 Å². The third kappa shape index (κ3) is 5.80. The minimum absolute atomic E-state index is 0.0585. The predicted molar refractivity (Wildman–Crippen MR) is 86.6 cm³/mol. The van der Waals surface area contributed by atoms with Gasteiger partial charge in [-0.1, -0.05) is 20.8 Å². The van der Waals surface area contributed by atoms with Crippen LogP contribution < -0.4 is 10.0 Å². The molecule has 0 amide bonds. The molecule has 1 rings (SSSR count). The molecule has 0 radical (unpaired) electrons. The Kier molecular flexibility index (Phi) is 6.90. The van der Waals surface area contributed by atoms with Crippen LogP contribution in [0.3, 0.4) is 0 Å². The maximum Gasteiger partial charge on any atom is 0.242 e. The van der Waals surface area contributed by atoms with Crippen LogP contribution in [0.25, 0.3) is 0 Å². The van der Waals surface area contributed by atoms with E-state index in [1.54, 1.807) is 12.3 Å². The standard InChI is InChI=1S/C15H29N3O2S/c1-6-7-16-10-14-9-15(11-18(14)5)21(19,20)17-13(4)8-12(2)3/h9,11-13,16-17H,6-8,10H2,1-5H3. The lowest BCUT2D eigenvalue weighted by Crippen LogP contribution is -2.33. The Morgan fingerprint density at radius 3 is 2.52 bits per heavy atom. The van der Waals surface area contributed by atoms with E-state index in [9.17, 15) is 8.42 Å². The summed E-state index contributed by atoms with van der Waals surface area (Å²) < 4.78 is 29.4. The first-order valence-corrected chi connectivity index (χ1v) is 9.12. The molecule has 1 aromatic heterocycles. The summed E-state index contributed by atoms with van der Waals surface area (Å²) in [6.45, 7) is 9.80. The second kappa shape index (κ2) is 7.96. The van der Waals surface area contributed by atoms with Crippen molar-refractivity contribution >= 4 is 10.0 Å². The Bertz CT molecular complexity index is 535. The first-order chi connectivity index (χ1) is 9.76. The van der Waals surface area contributed by atoms with Crippen molar-refractivity contribution in [1.82, 2.24) is 14.6 Å². The Balaban J connectivity index is 2.77. The van der Waals surface area contributed by atoms with Crippen LogP contribution >= 0.6 is 0 Å². The zero-order valence-electron chi connectivity index (χ0n) is 13.8. The van der Waals surface area contributed by atoms with Crippen molar-refractivity contribution in [2.24, 2.45) is 13.0 Å². The number of nitrogens with one attached hydrogen (secondary N) is 2. The van der Waals surface area contributed by atoms with Gasteiger partial charge in [-0.15, -0.1) is 0 Å². The molecule has 0 bridgehead atoms. The van der Waals surface area contributed by atoms with E-state index in [0.717, 1.165) is 25.1 Å². The summed E-state index contributed by atoms with van der Waals surface area (Å²) in [6.07, 6.45) is 3.56. The van der Waals surface area contributed by atoms with Crippen LogP contribution in [0.4, 0.5) is 0 Å². The Labute approximate surface area is 129 Å². The second-order valence-corrected chi connectivity index (χ2v) is 7.82. The zero-order chi connectivity index (χ0) is 16.0. The SMILES string of the molecule is CCCNCc1cc(S(=O)(=O)NC(C)CC(C)C)cn1C. The topological polar surface area (TPSA) is 63.1 Å². The van der Waals surface area contributed by atoms with Gasteiger partial charge in [0.15, 0.2) is 0 Å². The summed E-state index contributed by atoms with van der Waals surface area (Å²) in [7, 11) is -1.56. The average Bonchev–Trinajstić information content (AvgIpc) is 2.70. The molecule has 0 spiro atoms. The Morgan fingerprint density at radius 2 is 1.95 bits per heavy atom. The van der Waals surface area contributed by atoms with Crippen molar-refractivity contribution < 1.29 is 8.42 Å². The van der Waals surface area contributed by atoms with E-state index in [4.69, 9.17) is 0 Å². The molecule has 0 aromatic carbocycles. The minimum atomic E-state index is -3.44. The van der Waals surface area contributed by atoms with Crippen LogP contribution in [0.15, 0.2) is 17.2 Å². The number of aromatic nitrogens is 1. The van der Waals surface area contributed by atoms with Crippen molar-refractivity contribution in [2.45, 2.75) is 58.0 Å². The van der Waals surface area contributed by atoms with Crippen LogP contribution in [0.5, 0.6) is 0 Å². The largest absolute Gasteiger partial charge is 0.352 e. The number of aryl methyl sites for hydroxylation is 1. The molecule has 1 aromatic rings. The van der Waals surface area contributed by atoms with E-state index in [0.29, 0.717) is 17.4 Å². The second-order valence-electron chi connectivity index (χ2n) is 6.11. The van der Waals surface area contributed by atoms with E-state index in [2.05, 4.69) is 30.8 Å². The van der Waals surface area contributed by atoms with Crippen LogP contribution in [-0.2, 0) is 23.6 Å². The van der Waals surface area contributed by atoms with Crippen molar-refractivity contribution in [3.05, 3.63) is 18.0 Å². The minimum Gasteiger partial charge on any atom is -0.352 e. The Morgan fingerprint density at radius 1 is 1.29 bits per heavy atom. The molecule has 122 valence electrons. The van der Waals surface area contributed by atoms with Gasteiger partial charge in [0, 0.05) is 31.5 Å². The smallest absolute Gasteiger partial charge is 0.242 e. The molecule has 0 fully saturated rings. The number of rotatable bonds is 9. The van der Waals surface area contributed by atoms with Gasteiger partial charge in [0.25, 0.3) is 0 Å². The highest BCUT2D eigenvalue weighted by Gasteiger charge is 2.20. The highest BCUT2D eigenvalue weighted by Crippen LogP contribution is 2.15. The van der Waals surface area contributed by atoms with Gasteiger partial charge < -0.3 is 9.88 Å². The normalized spacial score (nSPS) is 13.8. The van der Waals surface area contributed by atoms with Crippen molar-refractivity contribution in [3.63, 3.8) is 0 Å². The van der Waals surface area contributed by atoms with Gasteiger partial charge in [0.05, 0.1) is 4.90 Å². The van der Waals surface area contributed by atoms with Gasteiger partial charge in [0.1, 0.15) is 0 Å². The molecule has 1 unspecified atom stereocenters. The summed E-state index contributed by atoms with van der Waals surface area (Å²) in [5, 5.41) is 3.29. The summed E-state index contributed by atoms with van der Waals surface area (Å²) in [4.78, 5) is 0.342. The molecule has 2 N–H and O–H groups in total. The van der Waals surface area contributed by atoms with Gasteiger partial charge in [0.2, 0.25) is 10.0 Å². The molecule has 21 heavy (non-hydrogen) atoms. The quantitative estimate of drug-likeness (QED) is 0.687. The zero-order valence-corrected chi connectivity index (χ0v) is 14.6. The van der Waals surface area contributed by atoms with Gasteiger partial charge >= 0.3 is 0 Å². The van der Waals surface area contributed by atoms with Crippen molar-refractivity contribution in [2.75, 3.05) is 6.54 Å². The fourth-order valence-corrected chi connectivity index (χ4v) is 3.73.